The van der Waals surface area contributed by atoms with Crippen molar-refractivity contribution < 1.29 is 4.79 Å². The molecule has 0 aliphatic carbocycles. The first kappa shape index (κ1) is 19.5. The number of carbonyl (C=O) groups excluding carboxylic acids is 1. The number of allylic oxidation sites excluding steroid dienone is 1. The van der Waals surface area contributed by atoms with E-state index in [4.69, 9.17) is 11.6 Å². The van der Waals surface area contributed by atoms with Crippen LogP contribution in [-0.4, -0.2) is 25.7 Å². The van der Waals surface area contributed by atoms with Crippen molar-refractivity contribution in [1.29, 1.82) is 0 Å². The SMILES string of the molecule is O=C(/C=C/c1ccccc1)n1nc(-c2cccnc2)nc1NCc1ccc(Cl)cc1. The molecule has 2 aromatic carbocycles. The quantitative estimate of drug-likeness (QED) is 0.450. The number of hydrogen-bond donors (Lipinski definition) is 1. The minimum atomic E-state index is -0.305. The van der Waals surface area contributed by atoms with Gasteiger partial charge in [0.05, 0.1) is 0 Å². The van der Waals surface area contributed by atoms with Gasteiger partial charge in [0.1, 0.15) is 0 Å². The monoisotopic (exact) mass is 415 g/mol. The highest BCUT2D eigenvalue weighted by atomic mass is 35.5. The summed E-state index contributed by atoms with van der Waals surface area (Å²) in [6.07, 6.45) is 6.56. The van der Waals surface area contributed by atoms with E-state index in [2.05, 4.69) is 20.4 Å². The maximum atomic E-state index is 12.8. The summed E-state index contributed by atoms with van der Waals surface area (Å²) in [5.41, 5.74) is 2.66. The summed E-state index contributed by atoms with van der Waals surface area (Å²) < 4.78 is 1.26. The predicted molar refractivity (Wildman–Crippen MR) is 118 cm³/mol. The molecule has 0 saturated heterocycles. The van der Waals surface area contributed by atoms with Crippen LogP contribution in [0.3, 0.4) is 0 Å². The van der Waals surface area contributed by atoms with Crippen LogP contribution in [0.15, 0.2) is 85.2 Å². The molecule has 2 aromatic heterocycles. The molecule has 0 fully saturated rings. The zero-order valence-electron chi connectivity index (χ0n) is 15.9. The Bertz CT molecular complexity index is 1160. The van der Waals surface area contributed by atoms with Gasteiger partial charge < -0.3 is 5.32 Å². The fraction of sp³-hybridized carbons (Fsp3) is 0.0435. The van der Waals surface area contributed by atoms with Crippen molar-refractivity contribution in [3.8, 4) is 11.4 Å². The highest BCUT2D eigenvalue weighted by Crippen LogP contribution is 2.18. The molecule has 0 saturated carbocycles. The van der Waals surface area contributed by atoms with Gasteiger partial charge in [0.15, 0.2) is 5.82 Å². The fourth-order valence-electron chi connectivity index (χ4n) is 2.78. The van der Waals surface area contributed by atoms with Crippen molar-refractivity contribution in [1.82, 2.24) is 19.7 Å². The van der Waals surface area contributed by atoms with Gasteiger partial charge in [-0.2, -0.15) is 9.67 Å². The van der Waals surface area contributed by atoms with Crippen molar-refractivity contribution in [3.63, 3.8) is 0 Å². The maximum Gasteiger partial charge on any atom is 0.274 e. The van der Waals surface area contributed by atoms with Crippen LogP contribution in [0.2, 0.25) is 5.02 Å². The van der Waals surface area contributed by atoms with E-state index in [0.717, 1.165) is 16.7 Å². The Labute approximate surface area is 178 Å². The van der Waals surface area contributed by atoms with Gasteiger partial charge in [-0.25, -0.2) is 0 Å². The first-order valence-corrected chi connectivity index (χ1v) is 9.70. The lowest BCUT2D eigenvalue weighted by Gasteiger charge is -2.06. The molecule has 4 aromatic rings. The lowest BCUT2D eigenvalue weighted by molar-refractivity contribution is 0.0957. The summed E-state index contributed by atoms with van der Waals surface area (Å²) >= 11 is 5.95. The minimum Gasteiger partial charge on any atom is -0.350 e. The largest absolute Gasteiger partial charge is 0.350 e. The van der Waals surface area contributed by atoms with Gasteiger partial charge in [-0.05, 0) is 41.5 Å². The molecule has 30 heavy (non-hydrogen) atoms. The van der Waals surface area contributed by atoms with Crippen molar-refractivity contribution in [2.24, 2.45) is 0 Å². The highest BCUT2D eigenvalue weighted by Gasteiger charge is 2.15. The van der Waals surface area contributed by atoms with Crippen molar-refractivity contribution in [2.45, 2.75) is 6.54 Å². The fourth-order valence-corrected chi connectivity index (χ4v) is 2.91. The van der Waals surface area contributed by atoms with Gasteiger partial charge in [-0.15, -0.1) is 5.10 Å². The molecule has 0 spiro atoms. The Morgan fingerprint density at radius 3 is 2.57 bits per heavy atom. The number of nitrogens with one attached hydrogen (secondary N) is 1. The standard InChI is InChI=1S/C23H18ClN5O/c24-20-11-8-18(9-12-20)15-26-23-27-22(19-7-4-14-25-16-19)28-29(23)21(30)13-10-17-5-2-1-3-6-17/h1-14,16H,15H2,(H,26,27,28)/b13-10+. The second-order valence-electron chi connectivity index (χ2n) is 6.47. The number of halogens is 1. The van der Waals surface area contributed by atoms with Gasteiger partial charge in [-0.1, -0.05) is 54.1 Å². The lowest BCUT2D eigenvalue weighted by atomic mass is 10.2. The van der Waals surface area contributed by atoms with Gasteiger partial charge in [0.25, 0.3) is 5.91 Å². The van der Waals surface area contributed by atoms with Crippen LogP contribution in [0.25, 0.3) is 17.5 Å². The second-order valence-corrected chi connectivity index (χ2v) is 6.91. The van der Waals surface area contributed by atoms with Gasteiger partial charge in [0, 0.05) is 35.6 Å². The third kappa shape index (κ3) is 4.79. The molecule has 0 atom stereocenters. The molecular formula is C23H18ClN5O. The van der Waals surface area contributed by atoms with Gasteiger partial charge in [0.2, 0.25) is 5.95 Å². The highest BCUT2D eigenvalue weighted by molar-refractivity contribution is 6.30. The normalized spacial score (nSPS) is 11.0. The summed E-state index contributed by atoms with van der Waals surface area (Å²) in [6.45, 7) is 0.470. The average Bonchev–Trinajstić information content (AvgIpc) is 3.23. The van der Waals surface area contributed by atoms with E-state index < -0.39 is 0 Å². The molecule has 0 unspecified atom stereocenters. The second kappa shape index (κ2) is 9.15. The first-order chi connectivity index (χ1) is 14.7. The van der Waals surface area contributed by atoms with Crippen LogP contribution in [0.4, 0.5) is 5.95 Å². The van der Waals surface area contributed by atoms with Crippen LogP contribution in [-0.2, 0) is 6.54 Å². The zero-order chi connectivity index (χ0) is 20.8. The van der Waals surface area contributed by atoms with Crippen LogP contribution in [0.5, 0.6) is 0 Å². The zero-order valence-corrected chi connectivity index (χ0v) is 16.7. The number of rotatable bonds is 6. The Morgan fingerprint density at radius 2 is 1.83 bits per heavy atom. The number of carbonyl (C=O) groups is 1. The molecule has 0 aliphatic heterocycles. The number of nitrogens with zero attached hydrogens (tertiary/aromatic N) is 4. The summed E-state index contributed by atoms with van der Waals surface area (Å²) in [6, 6.07) is 20.7. The number of aromatic nitrogens is 4. The van der Waals surface area contributed by atoms with E-state index >= 15 is 0 Å². The smallest absolute Gasteiger partial charge is 0.274 e. The molecule has 6 nitrogen and oxygen atoms in total. The molecule has 0 aliphatic rings. The minimum absolute atomic E-state index is 0.305. The molecule has 7 heteroatoms. The summed E-state index contributed by atoms with van der Waals surface area (Å²) in [7, 11) is 0. The first-order valence-electron chi connectivity index (χ1n) is 9.32. The summed E-state index contributed by atoms with van der Waals surface area (Å²) in [5.74, 6) is 0.467. The maximum absolute atomic E-state index is 12.8. The number of anilines is 1. The lowest BCUT2D eigenvalue weighted by Crippen LogP contribution is -2.14. The van der Waals surface area contributed by atoms with Crippen LogP contribution < -0.4 is 5.32 Å². The van der Waals surface area contributed by atoms with E-state index in [1.54, 1.807) is 24.5 Å². The molecule has 1 N–H and O–H groups in total. The average molecular weight is 416 g/mol. The van der Waals surface area contributed by atoms with E-state index in [-0.39, 0.29) is 5.91 Å². The molecule has 2 heterocycles. The predicted octanol–water partition coefficient (Wildman–Crippen LogP) is 4.96. The molecule has 148 valence electrons. The van der Waals surface area contributed by atoms with E-state index in [1.807, 2.05) is 60.7 Å². The Kier molecular flexibility index (Phi) is 5.96. The van der Waals surface area contributed by atoms with Crippen LogP contribution in [0, 0.1) is 0 Å². The Morgan fingerprint density at radius 1 is 1.03 bits per heavy atom. The summed E-state index contributed by atoms with van der Waals surface area (Å²) in [4.78, 5) is 21.5. The van der Waals surface area contributed by atoms with E-state index in [0.29, 0.717) is 23.3 Å². The number of pyridine rings is 1. The molecule has 4 rings (SSSR count). The van der Waals surface area contributed by atoms with E-state index in [9.17, 15) is 4.79 Å². The van der Waals surface area contributed by atoms with Gasteiger partial charge >= 0.3 is 0 Å². The molecular weight excluding hydrogens is 398 g/mol. The third-order valence-electron chi connectivity index (χ3n) is 4.32. The van der Waals surface area contributed by atoms with Crippen LogP contribution >= 0.6 is 11.6 Å². The molecule has 0 bridgehead atoms. The topological polar surface area (TPSA) is 72.7 Å². The van der Waals surface area contributed by atoms with Gasteiger partial charge in [-0.3, -0.25) is 9.78 Å². The number of benzene rings is 2. The Hall–Kier alpha value is -3.77. The van der Waals surface area contributed by atoms with Crippen molar-refractivity contribution >= 4 is 29.5 Å². The molecule has 0 amide bonds. The van der Waals surface area contributed by atoms with Crippen molar-refractivity contribution in [3.05, 3.63) is 101 Å². The van der Waals surface area contributed by atoms with Crippen molar-refractivity contribution in [2.75, 3.05) is 5.32 Å². The van der Waals surface area contributed by atoms with E-state index in [1.165, 1.54) is 10.8 Å². The summed E-state index contributed by atoms with van der Waals surface area (Å²) in [5, 5.41) is 8.26. The third-order valence-corrected chi connectivity index (χ3v) is 4.57. The number of hydrogen-bond acceptors (Lipinski definition) is 5. The molecule has 0 radical (unpaired) electrons. The Balaban J connectivity index is 1.61. The van der Waals surface area contributed by atoms with Crippen LogP contribution in [0.1, 0.15) is 15.9 Å².